The standard InChI is InChI=1S/C18H31F2N3O2/c1-16(2,3)23-13-10-8-7-9-12(11-14(24)25-17(4,5)6)18(19,20)15(13)21-22-23/h12,14,24H,7-11H2,1-6H3. The molecule has 0 saturated carbocycles. The average Bonchev–Trinajstić information content (AvgIpc) is 2.82. The van der Waals surface area contributed by atoms with Crippen LogP contribution in [0.5, 0.6) is 0 Å². The number of fused-ring (bicyclic) bond motifs is 1. The highest BCUT2D eigenvalue weighted by Crippen LogP contribution is 2.44. The maximum Gasteiger partial charge on any atom is 0.296 e. The Morgan fingerprint density at radius 1 is 1.24 bits per heavy atom. The van der Waals surface area contributed by atoms with E-state index < -0.39 is 29.3 Å². The molecule has 0 saturated heterocycles. The largest absolute Gasteiger partial charge is 0.368 e. The first-order valence-corrected chi connectivity index (χ1v) is 9.01. The van der Waals surface area contributed by atoms with Crippen molar-refractivity contribution in [2.45, 2.75) is 97.0 Å². The summed E-state index contributed by atoms with van der Waals surface area (Å²) in [5, 5.41) is 18.0. The van der Waals surface area contributed by atoms with Gasteiger partial charge in [0, 0.05) is 12.3 Å². The van der Waals surface area contributed by atoms with Crippen molar-refractivity contribution in [2.24, 2.45) is 5.92 Å². The molecule has 1 aliphatic carbocycles. The lowest BCUT2D eigenvalue weighted by atomic mass is 9.85. The fourth-order valence-corrected chi connectivity index (χ4v) is 3.35. The molecule has 0 bridgehead atoms. The molecule has 1 aromatic heterocycles. The summed E-state index contributed by atoms with van der Waals surface area (Å²) in [6.07, 6.45) is 1.02. The summed E-state index contributed by atoms with van der Waals surface area (Å²) in [7, 11) is 0. The van der Waals surface area contributed by atoms with Crippen LogP contribution in [0, 0.1) is 5.92 Å². The van der Waals surface area contributed by atoms with E-state index in [1.807, 2.05) is 20.8 Å². The number of nitrogens with zero attached hydrogens (tertiary/aromatic N) is 3. The molecule has 25 heavy (non-hydrogen) atoms. The number of aliphatic hydroxyl groups is 1. The summed E-state index contributed by atoms with van der Waals surface area (Å²) in [5.41, 5.74) is -0.722. The highest BCUT2D eigenvalue weighted by molar-refractivity contribution is 5.19. The zero-order valence-electron chi connectivity index (χ0n) is 16.1. The van der Waals surface area contributed by atoms with Crippen LogP contribution >= 0.6 is 0 Å². The molecule has 1 N–H and O–H groups in total. The Kier molecular flexibility index (Phi) is 5.59. The van der Waals surface area contributed by atoms with Crippen LogP contribution in [-0.2, 0) is 22.6 Å². The Morgan fingerprint density at radius 2 is 1.88 bits per heavy atom. The molecule has 0 fully saturated rings. The SMILES string of the molecule is CC(C)(C)OC(O)CC1CCCCc2c(nnn2C(C)(C)C)C1(F)F. The van der Waals surface area contributed by atoms with Gasteiger partial charge in [0.2, 0.25) is 0 Å². The quantitative estimate of drug-likeness (QED) is 0.829. The van der Waals surface area contributed by atoms with Crippen LogP contribution in [0.4, 0.5) is 8.78 Å². The van der Waals surface area contributed by atoms with Gasteiger partial charge in [0.15, 0.2) is 12.0 Å². The summed E-state index contributed by atoms with van der Waals surface area (Å²) >= 11 is 0. The molecule has 144 valence electrons. The molecule has 2 unspecified atom stereocenters. The lowest BCUT2D eigenvalue weighted by Gasteiger charge is -2.32. The summed E-state index contributed by atoms with van der Waals surface area (Å²) < 4.78 is 37.5. The Bertz CT molecular complexity index is 588. The van der Waals surface area contributed by atoms with E-state index in [9.17, 15) is 5.11 Å². The van der Waals surface area contributed by atoms with Crippen LogP contribution in [-0.4, -0.2) is 32.0 Å². The molecule has 0 aromatic carbocycles. The molecule has 0 aliphatic heterocycles. The van der Waals surface area contributed by atoms with Gasteiger partial charge < -0.3 is 9.84 Å². The number of aliphatic hydroxyl groups excluding tert-OH is 1. The van der Waals surface area contributed by atoms with Gasteiger partial charge in [-0.05, 0) is 60.8 Å². The van der Waals surface area contributed by atoms with Crippen LogP contribution in [0.25, 0.3) is 0 Å². The zero-order valence-corrected chi connectivity index (χ0v) is 16.1. The van der Waals surface area contributed by atoms with Crippen LogP contribution in [0.15, 0.2) is 0 Å². The van der Waals surface area contributed by atoms with E-state index >= 15 is 8.78 Å². The summed E-state index contributed by atoms with van der Waals surface area (Å²) in [6.45, 7) is 11.2. The fraction of sp³-hybridized carbons (Fsp3) is 0.889. The second-order valence-electron chi connectivity index (χ2n) is 8.95. The first-order valence-electron chi connectivity index (χ1n) is 9.01. The second kappa shape index (κ2) is 6.91. The smallest absolute Gasteiger partial charge is 0.296 e. The highest BCUT2D eigenvalue weighted by Gasteiger charge is 2.48. The van der Waals surface area contributed by atoms with Crippen LogP contribution in [0.2, 0.25) is 0 Å². The average molecular weight is 359 g/mol. The Labute approximate surface area is 148 Å². The zero-order chi connectivity index (χ0) is 19.0. The number of hydrogen-bond donors (Lipinski definition) is 1. The molecule has 1 aromatic rings. The topological polar surface area (TPSA) is 60.2 Å². The van der Waals surface area contributed by atoms with E-state index in [2.05, 4.69) is 10.3 Å². The Morgan fingerprint density at radius 3 is 2.44 bits per heavy atom. The van der Waals surface area contributed by atoms with Crippen molar-refractivity contribution in [1.82, 2.24) is 15.0 Å². The van der Waals surface area contributed by atoms with Crippen LogP contribution in [0.3, 0.4) is 0 Å². The summed E-state index contributed by atoms with van der Waals surface area (Å²) in [6, 6.07) is 0. The monoisotopic (exact) mass is 359 g/mol. The minimum absolute atomic E-state index is 0.119. The van der Waals surface area contributed by atoms with Crippen molar-refractivity contribution >= 4 is 0 Å². The van der Waals surface area contributed by atoms with Gasteiger partial charge in [-0.2, -0.15) is 8.78 Å². The first-order chi connectivity index (χ1) is 11.3. The predicted octanol–water partition coefficient (Wildman–Crippen LogP) is 3.99. The minimum Gasteiger partial charge on any atom is -0.368 e. The highest BCUT2D eigenvalue weighted by atomic mass is 19.3. The number of aromatic nitrogens is 3. The van der Waals surface area contributed by atoms with E-state index in [0.29, 0.717) is 25.0 Å². The van der Waals surface area contributed by atoms with Crippen molar-refractivity contribution in [3.05, 3.63) is 11.4 Å². The molecule has 5 nitrogen and oxygen atoms in total. The maximum absolute atomic E-state index is 15.2. The van der Waals surface area contributed by atoms with Gasteiger partial charge >= 0.3 is 0 Å². The van der Waals surface area contributed by atoms with Gasteiger partial charge in [-0.1, -0.05) is 11.6 Å². The number of halogens is 2. The van der Waals surface area contributed by atoms with E-state index in [1.165, 1.54) is 0 Å². The van der Waals surface area contributed by atoms with Crippen molar-refractivity contribution in [3.63, 3.8) is 0 Å². The molecule has 0 radical (unpaired) electrons. The van der Waals surface area contributed by atoms with E-state index in [4.69, 9.17) is 4.74 Å². The second-order valence-corrected chi connectivity index (χ2v) is 8.95. The number of ether oxygens (including phenoxy) is 1. The third kappa shape index (κ3) is 4.76. The minimum atomic E-state index is -3.14. The molecular weight excluding hydrogens is 328 g/mol. The molecule has 1 heterocycles. The summed E-state index contributed by atoms with van der Waals surface area (Å²) in [4.78, 5) is 0. The van der Waals surface area contributed by atoms with E-state index in [1.54, 1.807) is 25.5 Å². The summed E-state index contributed by atoms with van der Waals surface area (Å²) in [5.74, 6) is -4.16. The Balaban J connectivity index is 2.31. The van der Waals surface area contributed by atoms with Crippen molar-refractivity contribution in [3.8, 4) is 0 Å². The van der Waals surface area contributed by atoms with E-state index in [0.717, 1.165) is 6.42 Å². The Hall–Kier alpha value is -1.08. The van der Waals surface area contributed by atoms with Gasteiger partial charge in [0.05, 0.1) is 16.8 Å². The van der Waals surface area contributed by atoms with Gasteiger partial charge in [-0.15, -0.1) is 5.10 Å². The first kappa shape index (κ1) is 20.2. The van der Waals surface area contributed by atoms with Gasteiger partial charge in [0.1, 0.15) is 0 Å². The molecule has 0 amide bonds. The van der Waals surface area contributed by atoms with Gasteiger partial charge in [-0.25, -0.2) is 4.68 Å². The lowest BCUT2D eigenvalue weighted by molar-refractivity contribution is -0.192. The van der Waals surface area contributed by atoms with Crippen molar-refractivity contribution in [2.75, 3.05) is 0 Å². The fourth-order valence-electron chi connectivity index (χ4n) is 3.35. The number of rotatable bonds is 3. The van der Waals surface area contributed by atoms with Crippen molar-refractivity contribution < 1.29 is 18.6 Å². The van der Waals surface area contributed by atoms with Gasteiger partial charge in [0.25, 0.3) is 5.92 Å². The van der Waals surface area contributed by atoms with Crippen LogP contribution in [0.1, 0.15) is 78.6 Å². The maximum atomic E-state index is 15.2. The molecule has 2 rings (SSSR count). The normalized spacial score (nSPS) is 22.8. The lowest BCUT2D eigenvalue weighted by Crippen LogP contribution is -2.36. The number of alkyl halides is 2. The third-order valence-corrected chi connectivity index (χ3v) is 4.42. The van der Waals surface area contributed by atoms with E-state index in [-0.39, 0.29) is 12.1 Å². The predicted molar refractivity (Wildman–Crippen MR) is 91.4 cm³/mol. The molecule has 2 atom stereocenters. The number of hydrogen-bond acceptors (Lipinski definition) is 4. The molecular formula is C18H31F2N3O2. The third-order valence-electron chi connectivity index (χ3n) is 4.42. The van der Waals surface area contributed by atoms with Crippen molar-refractivity contribution in [1.29, 1.82) is 0 Å². The molecule has 1 aliphatic rings. The van der Waals surface area contributed by atoms with Gasteiger partial charge in [-0.3, -0.25) is 0 Å². The molecule has 7 heteroatoms. The molecule has 0 spiro atoms. The van der Waals surface area contributed by atoms with Crippen LogP contribution < -0.4 is 0 Å².